The third kappa shape index (κ3) is 4.93. The number of hydrazine groups is 1. The van der Waals surface area contributed by atoms with Gasteiger partial charge in [-0.05, 0) is 24.8 Å². The molecule has 0 aliphatic carbocycles. The van der Waals surface area contributed by atoms with Crippen molar-refractivity contribution in [1.29, 1.82) is 0 Å². The molecular formula is C15H25N5O4. The molecule has 0 spiro atoms. The molecule has 1 aromatic rings. The molecule has 24 heavy (non-hydrogen) atoms. The molecule has 2 amide bonds. The minimum Gasteiger partial charge on any atom is -0.394 e. The molecule has 9 heteroatoms. The molecule has 0 radical (unpaired) electrons. The molecule has 0 aromatic carbocycles. The van der Waals surface area contributed by atoms with E-state index < -0.39 is 11.9 Å². The number of ether oxygens (including phenoxy) is 1. The van der Waals surface area contributed by atoms with Gasteiger partial charge in [0.1, 0.15) is 6.23 Å². The van der Waals surface area contributed by atoms with E-state index in [1.54, 1.807) is 12.3 Å². The Morgan fingerprint density at radius 1 is 1.54 bits per heavy atom. The summed E-state index contributed by atoms with van der Waals surface area (Å²) in [5, 5.41) is 11.8. The minimum absolute atomic E-state index is 0.0615. The van der Waals surface area contributed by atoms with Crippen LogP contribution < -0.4 is 21.9 Å². The molecule has 0 bridgehead atoms. The molecule has 1 aromatic heterocycles. The molecule has 4 N–H and O–H groups in total. The molecule has 2 rings (SSSR count). The van der Waals surface area contributed by atoms with Crippen LogP contribution in [0.1, 0.15) is 39.3 Å². The maximum absolute atomic E-state index is 12.1. The topological polar surface area (TPSA) is 118 Å². The van der Waals surface area contributed by atoms with Gasteiger partial charge in [0, 0.05) is 12.7 Å². The van der Waals surface area contributed by atoms with E-state index in [0.29, 0.717) is 25.3 Å². The molecule has 3 unspecified atom stereocenters. The van der Waals surface area contributed by atoms with Gasteiger partial charge in [0.2, 0.25) is 0 Å². The Labute approximate surface area is 140 Å². The number of nitrogens with one attached hydrogen (secondary N) is 3. The molecule has 9 nitrogen and oxygen atoms in total. The average molecular weight is 339 g/mol. The van der Waals surface area contributed by atoms with Crippen LogP contribution in [0.3, 0.4) is 0 Å². The Morgan fingerprint density at radius 3 is 2.96 bits per heavy atom. The fourth-order valence-electron chi connectivity index (χ4n) is 2.30. The quantitative estimate of drug-likeness (QED) is 0.540. The minimum atomic E-state index is -0.481. The molecule has 0 saturated carbocycles. The number of anilines is 1. The van der Waals surface area contributed by atoms with Gasteiger partial charge in [-0.2, -0.15) is 4.98 Å². The number of urea groups is 1. The van der Waals surface area contributed by atoms with Crippen LogP contribution in [0.15, 0.2) is 17.1 Å². The van der Waals surface area contributed by atoms with Gasteiger partial charge in [0.05, 0.1) is 12.7 Å². The average Bonchev–Trinajstić information content (AvgIpc) is 3.06. The molecular weight excluding hydrogens is 314 g/mol. The van der Waals surface area contributed by atoms with Gasteiger partial charge in [-0.3, -0.25) is 15.4 Å². The monoisotopic (exact) mass is 339 g/mol. The summed E-state index contributed by atoms with van der Waals surface area (Å²) in [7, 11) is 0. The smallest absolute Gasteiger partial charge is 0.351 e. The third-order valence-electron chi connectivity index (χ3n) is 4.04. The third-order valence-corrected chi connectivity index (χ3v) is 4.04. The summed E-state index contributed by atoms with van der Waals surface area (Å²) in [6, 6.07) is 1.19. The maximum atomic E-state index is 12.1. The first-order chi connectivity index (χ1) is 11.5. The second-order valence-electron chi connectivity index (χ2n) is 5.95. The zero-order valence-corrected chi connectivity index (χ0v) is 14.0. The van der Waals surface area contributed by atoms with E-state index in [-0.39, 0.29) is 24.6 Å². The number of hydrogen-bond donors (Lipinski definition) is 4. The maximum Gasteiger partial charge on any atom is 0.351 e. The number of aliphatic hydroxyl groups excluding tert-OH is 1. The lowest BCUT2D eigenvalue weighted by atomic mass is 10.1. The van der Waals surface area contributed by atoms with Gasteiger partial charge in [0.15, 0.2) is 5.82 Å². The number of aromatic nitrogens is 2. The highest BCUT2D eigenvalue weighted by atomic mass is 16.5. The van der Waals surface area contributed by atoms with E-state index in [0.717, 1.165) is 6.42 Å². The lowest BCUT2D eigenvalue weighted by Crippen LogP contribution is -2.41. The van der Waals surface area contributed by atoms with Crippen molar-refractivity contribution in [3.63, 3.8) is 0 Å². The number of carbonyl (C=O) groups excluding carboxylic acids is 1. The molecule has 1 fully saturated rings. The molecule has 134 valence electrons. The van der Waals surface area contributed by atoms with Crippen molar-refractivity contribution in [2.75, 3.05) is 18.6 Å². The van der Waals surface area contributed by atoms with Crippen LogP contribution in [0.4, 0.5) is 10.6 Å². The van der Waals surface area contributed by atoms with Crippen LogP contribution in [-0.4, -0.2) is 39.9 Å². The Morgan fingerprint density at radius 2 is 2.33 bits per heavy atom. The van der Waals surface area contributed by atoms with E-state index in [4.69, 9.17) is 9.84 Å². The Balaban J connectivity index is 1.86. The normalized spacial score (nSPS) is 21.3. The number of amides is 2. The summed E-state index contributed by atoms with van der Waals surface area (Å²) >= 11 is 0. The summed E-state index contributed by atoms with van der Waals surface area (Å²) in [6.07, 6.45) is 3.23. The van der Waals surface area contributed by atoms with Gasteiger partial charge >= 0.3 is 11.7 Å². The first kappa shape index (κ1) is 18.2. The van der Waals surface area contributed by atoms with Crippen molar-refractivity contribution in [2.45, 2.75) is 45.4 Å². The highest BCUT2D eigenvalue weighted by molar-refractivity contribution is 5.75. The SMILES string of the molecule is CCC(C)CNC(=O)NNc1ccn(C2CCC(CO)O2)c(=O)n1. The van der Waals surface area contributed by atoms with Crippen molar-refractivity contribution >= 4 is 11.8 Å². The summed E-state index contributed by atoms with van der Waals surface area (Å²) in [5.41, 5.74) is 4.55. The van der Waals surface area contributed by atoms with Gasteiger partial charge in [-0.25, -0.2) is 9.59 Å². The molecule has 1 saturated heterocycles. The molecule has 3 atom stereocenters. The zero-order valence-electron chi connectivity index (χ0n) is 14.0. The van der Waals surface area contributed by atoms with E-state index in [1.807, 2.05) is 6.92 Å². The van der Waals surface area contributed by atoms with Gasteiger partial charge in [-0.15, -0.1) is 0 Å². The van der Waals surface area contributed by atoms with Crippen molar-refractivity contribution in [3.8, 4) is 0 Å². The van der Waals surface area contributed by atoms with Crippen LogP contribution in [-0.2, 0) is 4.74 Å². The molecule has 1 aliphatic heterocycles. The fraction of sp³-hybridized carbons (Fsp3) is 0.667. The van der Waals surface area contributed by atoms with E-state index in [2.05, 4.69) is 28.1 Å². The number of hydrogen-bond acceptors (Lipinski definition) is 6. The van der Waals surface area contributed by atoms with Gasteiger partial charge < -0.3 is 15.2 Å². The van der Waals surface area contributed by atoms with Crippen molar-refractivity contribution in [2.24, 2.45) is 5.92 Å². The number of carbonyl (C=O) groups is 1. The largest absolute Gasteiger partial charge is 0.394 e. The zero-order chi connectivity index (χ0) is 17.5. The van der Waals surface area contributed by atoms with Crippen LogP contribution in [0.25, 0.3) is 0 Å². The number of aliphatic hydroxyl groups is 1. The molecule has 2 heterocycles. The van der Waals surface area contributed by atoms with Crippen LogP contribution in [0, 0.1) is 5.92 Å². The second-order valence-corrected chi connectivity index (χ2v) is 5.95. The lowest BCUT2D eigenvalue weighted by Gasteiger charge is -2.15. The standard InChI is InChI=1S/C15H25N5O4/c1-3-10(2)8-16-14(22)19-18-12-6-7-20(15(23)17-12)13-5-4-11(9-21)24-13/h6-7,10-11,13,21H,3-5,8-9H2,1-2H3,(H2,16,19,22)(H,17,18,23). The van der Waals surface area contributed by atoms with Crippen molar-refractivity contribution in [1.82, 2.24) is 20.3 Å². The number of nitrogens with zero attached hydrogens (tertiary/aromatic N) is 2. The summed E-state index contributed by atoms with van der Waals surface area (Å²) in [5.74, 6) is 0.638. The highest BCUT2D eigenvalue weighted by Crippen LogP contribution is 2.26. The predicted molar refractivity (Wildman–Crippen MR) is 88.3 cm³/mol. The molecule has 1 aliphatic rings. The fourth-order valence-corrected chi connectivity index (χ4v) is 2.30. The van der Waals surface area contributed by atoms with Crippen molar-refractivity contribution < 1.29 is 14.6 Å². The van der Waals surface area contributed by atoms with Crippen LogP contribution >= 0.6 is 0 Å². The predicted octanol–water partition coefficient (Wildman–Crippen LogP) is 0.585. The summed E-state index contributed by atoms with van der Waals surface area (Å²) < 4.78 is 6.93. The Bertz CT molecular complexity index is 606. The van der Waals surface area contributed by atoms with Crippen LogP contribution in [0.5, 0.6) is 0 Å². The van der Waals surface area contributed by atoms with Gasteiger partial charge in [0.25, 0.3) is 0 Å². The summed E-state index contributed by atoms with van der Waals surface area (Å²) in [4.78, 5) is 27.6. The number of rotatable bonds is 7. The first-order valence-electron chi connectivity index (χ1n) is 8.18. The lowest BCUT2D eigenvalue weighted by molar-refractivity contribution is -0.0245. The van der Waals surface area contributed by atoms with Crippen molar-refractivity contribution in [3.05, 3.63) is 22.7 Å². The Hall–Kier alpha value is -2.13. The summed E-state index contributed by atoms with van der Waals surface area (Å²) in [6.45, 7) is 4.61. The van der Waals surface area contributed by atoms with Gasteiger partial charge in [-0.1, -0.05) is 20.3 Å². The first-order valence-corrected chi connectivity index (χ1v) is 8.18. The second kappa shape index (κ2) is 8.65. The van der Waals surface area contributed by atoms with E-state index in [9.17, 15) is 9.59 Å². The van der Waals surface area contributed by atoms with E-state index >= 15 is 0 Å². The highest BCUT2D eigenvalue weighted by Gasteiger charge is 2.26. The van der Waals surface area contributed by atoms with Crippen LogP contribution in [0.2, 0.25) is 0 Å². The van der Waals surface area contributed by atoms with E-state index in [1.165, 1.54) is 4.57 Å². The Kier molecular flexibility index (Phi) is 6.56.